The summed E-state index contributed by atoms with van der Waals surface area (Å²) < 4.78 is 12.9. The molecule has 1 N–H and O–H groups in total. The monoisotopic (exact) mass is 365 g/mol. The second-order valence-corrected chi connectivity index (χ2v) is 6.03. The lowest BCUT2D eigenvalue weighted by Gasteiger charge is -2.11. The van der Waals surface area contributed by atoms with E-state index in [-0.39, 0.29) is 5.91 Å². The first-order valence-corrected chi connectivity index (χ1v) is 8.84. The number of carbonyl (C=O) groups is 1. The van der Waals surface area contributed by atoms with E-state index in [1.54, 1.807) is 19.4 Å². The number of hydrogen-bond acceptors (Lipinski definition) is 4. The van der Waals surface area contributed by atoms with Crippen LogP contribution in [0.5, 0.6) is 11.5 Å². The molecule has 0 bridgehead atoms. The fraction of sp³-hybridized carbons (Fsp3) is 0.238. The standard InChI is InChI=1S/C21H23N3O3/c1-3-24-14-17(13-23-24)12-22-21(25)18-8-6-7-16(11-18)15-27-20-10-5-4-9-19(20)26-2/h4-11,13-14H,3,12,15H2,1-2H3,(H,22,25). The normalized spacial score (nSPS) is 10.4. The molecule has 2 aromatic carbocycles. The van der Waals surface area contributed by atoms with Gasteiger partial charge < -0.3 is 14.8 Å². The smallest absolute Gasteiger partial charge is 0.251 e. The Labute approximate surface area is 158 Å². The van der Waals surface area contributed by atoms with E-state index >= 15 is 0 Å². The molecule has 0 fully saturated rings. The number of para-hydroxylation sites is 2. The van der Waals surface area contributed by atoms with E-state index in [2.05, 4.69) is 10.4 Å². The molecule has 140 valence electrons. The lowest BCUT2D eigenvalue weighted by atomic mass is 10.1. The maximum Gasteiger partial charge on any atom is 0.251 e. The van der Waals surface area contributed by atoms with Crippen LogP contribution in [-0.4, -0.2) is 22.8 Å². The molecule has 3 aromatic rings. The molecule has 0 aliphatic carbocycles. The van der Waals surface area contributed by atoms with Crippen molar-refractivity contribution in [3.63, 3.8) is 0 Å². The van der Waals surface area contributed by atoms with E-state index in [1.165, 1.54) is 0 Å². The van der Waals surface area contributed by atoms with Crippen molar-refractivity contribution in [1.82, 2.24) is 15.1 Å². The van der Waals surface area contributed by atoms with Crippen molar-refractivity contribution < 1.29 is 14.3 Å². The minimum absolute atomic E-state index is 0.126. The summed E-state index contributed by atoms with van der Waals surface area (Å²) in [6.45, 7) is 3.63. The summed E-state index contributed by atoms with van der Waals surface area (Å²) in [6, 6.07) is 14.9. The van der Waals surface area contributed by atoms with Gasteiger partial charge in [0, 0.05) is 30.4 Å². The Morgan fingerprint density at radius 1 is 1.11 bits per heavy atom. The zero-order valence-electron chi connectivity index (χ0n) is 15.5. The van der Waals surface area contributed by atoms with Gasteiger partial charge in [0.25, 0.3) is 5.91 Å². The van der Waals surface area contributed by atoms with Crippen molar-refractivity contribution in [3.05, 3.63) is 77.6 Å². The fourth-order valence-corrected chi connectivity index (χ4v) is 2.66. The van der Waals surface area contributed by atoms with Gasteiger partial charge in [0.1, 0.15) is 6.61 Å². The molecule has 1 heterocycles. The highest BCUT2D eigenvalue weighted by Crippen LogP contribution is 2.26. The molecule has 1 aromatic heterocycles. The molecular weight excluding hydrogens is 342 g/mol. The SMILES string of the molecule is CCn1cc(CNC(=O)c2cccc(COc3ccccc3OC)c2)cn1. The van der Waals surface area contributed by atoms with E-state index in [4.69, 9.17) is 9.47 Å². The molecule has 6 nitrogen and oxygen atoms in total. The van der Waals surface area contributed by atoms with Gasteiger partial charge >= 0.3 is 0 Å². The highest BCUT2D eigenvalue weighted by atomic mass is 16.5. The number of aromatic nitrogens is 2. The van der Waals surface area contributed by atoms with Crippen LogP contribution < -0.4 is 14.8 Å². The summed E-state index contributed by atoms with van der Waals surface area (Å²) in [6.07, 6.45) is 3.69. The average Bonchev–Trinajstić information content (AvgIpc) is 3.19. The van der Waals surface area contributed by atoms with Crippen molar-refractivity contribution in [1.29, 1.82) is 0 Å². The second kappa shape index (κ2) is 8.89. The zero-order chi connectivity index (χ0) is 19.1. The third-order valence-electron chi connectivity index (χ3n) is 4.12. The third-order valence-corrected chi connectivity index (χ3v) is 4.12. The molecule has 0 aliphatic heterocycles. The van der Waals surface area contributed by atoms with Crippen LogP contribution in [0.4, 0.5) is 0 Å². The Bertz CT molecular complexity index is 905. The van der Waals surface area contributed by atoms with Gasteiger partial charge in [-0.2, -0.15) is 5.10 Å². The maximum absolute atomic E-state index is 12.4. The summed E-state index contributed by atoms with van der Waals surface area (Å²) in [5.74, 6) is 1.22. The van der Waals surface area contributed by atoms with Gasteiger partial charge in [-0.05, 0) is 36.8 Å². The topological polar surface area (TPSA) is 65.4 Å². The van der Waals surface area contributed by atoms with E-state index in [1.807, 2.05) is 60.3 Å². The zero-order valence-corrected chi connectivity index (χ0v) is 15.5. The van der Waals surface area contributed by atoms with Crippen molar-refractivity contribution in [2.45, 2.75) is 26.6 Å². The van der Waals surface area contributed by atoms with Gasteiger partial charge in [-0.3, -0.25) is 9.48 Å². The Balaban J connectivity index is 1.59. The summed E-state index contributed by atoms with van der Waals surface area (Å²) >= 11 is 0. The van der Waals surface area contributed by atoms with Gasteiger partial charge in [0.2, 0.25) is 0 Å². The quantitative estimate of drug-likeness (QED) is 0.664. The van der Waals surface area contributed by atoms with Crippen LogP contribution in [0.25, 0.3) is 0 Å². The van der Waals surface area contributed by atoms with Gasteiger partial charge in [0.15, 0.2) is 11.5 Å². The molecule has 0 aliphatic rings. The van der Waals surface area contributed by atoms with Crippen LogP contribution >= 0.6 is 0 Å². The summed E-state index contributed by atoms with van der Waals surface area (Å²) in [7, 11) is 1.61. The van der Waals surface area contributed by atoms with Crippen molar-refractivity contribution in [2.24, 2.45) is 0 Å². The van der Waals surface area contributed by atoms with Crippen molar-refractivity contribution in [2.75, 3.05) is 7.11 Å². The summed E-state index contributed by atoms with van der Waals surface area (Å²) in [5, 5.41) is 7.12. The number of hydrogen-bond donors (Lipinski definition) is 1. The predicted octanol–water partition coefficient (Wildman–Crippen LogP) is 3.42. The molecule has 0 radical (unpaired) electrons. The molecule has 6 heteroatoms. The fourth-order valence-electron chi connectivity index (χ4n) is 2.66. The van der Waals surface area contributed by atoms with E-state index < -0.39 is 0 Å². The van der Waals surface area contributed by atoms with E-state index in [0.717, 1.165) is 17.7 Å². The molecule has 0 saturated carbocycles. The lowest BCUT2D eigenvalue weighted by Crippen LogP contribution is -2.22. The number of methoxy groups -OCH3 is 1. The first-order chi connectivity index (χ1) is 13.2. The van der Waals surface area contributed by atoms with Crippen LogP contribution in [0.15, 0.2) is 60.9 Å². The van der Waals surface area contributed by atoms with Crippen molar-refractivity contribution in [3.8, 4) is 11.5 Å². The van der Waals surface area contributed by atoms with Gasteiger partial charge in [-0.1, -0.05) is 24.3 Å². The molecule has 0 saturated heterocycles. The number of nitrogens with zero attached hydrogens (tertiary/aromatic N) is 2. The van der Waals surface area contributed by atoms with E-state index in [9.17, 15) is 4.79 Å². The molecule has 3 rings (SSSR count). The predicted molar refractivity (Wildman–Crippen MR) is 103 cm³/mol. The number of ether oxygens (including phenoxy) is 2. The number of nitrogens with one attached hydrogen (secondary N) is 1. The minimum atomic E-state index is -0.126. The van der Waals surface area contributed by atoms with Crippen LogP contribution in [0.1, 0.15) is 28.4 Å². The second-order valence-electron chi connectivity index (χ2n) is 6.03. The maximum atomic E-state index is 12.4. The van der Waals surface area contributed by atoms with Crippen molar-refractivity contribution >= 4 is 5.91 Å². The highest BCUT2D eigenvalue weighted by molar-refractivity contribution is 5.94. The largest absolute Gasteiger partial charge is 0.493 e. The number of amides is 1. The lowest BCUT2D eigenvalue weighted by molar-refractivity contribution is 0.0950. The van der Waals surface area contributed by atoms with Crippen LogP contribution in [0, 0.1) is 0 Å². The van der Waals surface area contributed by atoms with E-state index in [0.29, 0.717) is 30.2 Å². The van der Waals surface area contributed by atoms with Crippen LogP contribution in [-0.2, 0) is 19.7 Å². The first kappa shape index (κ1) is 18.5. The minimum Gasteiger partial charge on any atom is -0.493 e. The molecule has 0 unspecified atom stereocenters. The average molecular weight is 365 g/mol. The number of benzene rings is 2. The van der Waals surface area contributed by atoms with Crippen LogP contribution in [0.2, 0.25) is 0 Å². The molecular formula is C21H23N3O3. The summed E-state index contributed by atoms with van der Waals surface area (Å²) in [5.41, 5.74) is 2.48. The Hall–Kier alpha value is -3.28. The Morgan fingerprint density at radius 3 is 2.67 bits per heavy atom. The first-order valence-electron chi connectivity index (χ1n) is 8.84. The van der Waals surface area contributed by atoms with Gasteiger partial charge in [0.05, 0.1) is 13.3 Å². The Morgan fingerprint density at radius 2 is 1.93 bits per heavy atom. The molecule has 0 atom stereocenters. The number of carbonyl (C=O) groups excluding carboxylic acids is 1. The van der Waals surface area contributed by atoms with Gasteiger partial charge in [-0.25, -0.2) is 0 Å². The molecule has 0 spiro atoms. The van der Waals surface area contributed by atoms with Crippen LogP contribution in [0.3, 0.4) is 0 Å². The molecule has 1 amide bonds. The number of rotatable bonds is 8. The van der Waals surface area contributed by atoms with Gasteiger partial charge in [-0.15, -0.1) is 0 Å². The number of aryl methyl sites for hydroxylation is 1. The third kappa shape index (κ3) is 4.88. The summed E-state index contributed by atoms with van der Waals surface area (Å²) in [4.78, 5) is 12.4. The highest BCUT2D eigenvalue weighted by Gasteiger charge is 2.08. The Kier molecular flexibility index (Phi) is 6.10. The molecule has 27 heavy (non-hydrogen) atoms.